The fourth-order valence-electron chi connectivity index (χ4n) is 2.01. The standard InChI is InChI=1S/C13H14F2O3/c1-17-12(16)8-13(5-2-6-13)18-11-7-9(14)3-4-10(11)15/h3-4,7H,2,5-6,8H2,1H3. The highest BCUT2D eigenvalue weighted by Gasteiger charge is 2.42. The SMILES string of the molecule is COC(=O)CC1(Oc2cc(F)ccc2F)CCC1. The van der Waals surface area contributed by atoms with E-state index in [0.717, 1.165) is 24.6 Å². The zero-order valence-corrected chi connectivity index (χ0v) is 10.0. The van der Waals surface area contributed by atoms with E-state index in [2.05, 4.69) is 4.74 Å². The summed E-state index contributed by atoms with van der Waals surface area (Å²) in [6, 6.07) is 3.03. The molecule has 1 aromatic rings. The Hall–Kier alpha value is -1.65. The Bertz CT molecular complexity index is 456. The van der Waals surface area contributed by atoms with Crippen molar-refractivity contribution in [2.45, 2.75) is 31.3 Å². The van der Waals surface area contributed by atoms with Gasteiger partial charge in [-0.15, -0.1) is 0 Å². The largest absolute Gasteiger partial charge is 0.483 e. The Kier molecular flexibility index (Phi) is 3.50. The third-order valence-electron chi connectivity index (χ3n) is 3.18. The fraction of sp³-hybridized carbons (Fsp3) is 0.462. The van der Waals surface area contributed by atoms with Gasteiger partial charge < -0.3 is 9.47 Å². The number of hydrogen-bond acceptors (Lipinski definition) is 3. The Balaban J connectivity index is 2.15. The van der Waals surface area contributed by atoms with Crippen LogP contribution in [-0.4, -0.2) is 18.7 Å². The average molecular weight is 256 g/mol. The summed E-state index contributed by atoms with van der Waals surface area (Å²) < 4.78 is 36.6. The van der Waals surface area contributed by atoms with E-state index < -0.39 is 23.2 Å². The van der Waals surface area contributed by atoms with E-state index in [-0.39, 0.29) is 12.2 Å². The molecule has 0 N–H and O–H groups in total. The molecular weight excluding hydrogens is 242 g/mol. The maximum absolute atomic E-state index is 13.5. The lowest BCUT2D eigenvalue weighted by Gasteiger charge is -2.41. The van der Waals surface area contributed by atoms with Gasteiger partial charge in [0.15, 0.2) is 11.6 Å². The van der Waals surface area contributed by atoms with E-state index in [0.29, 0.717) is 12.8 Å². The molecule has 2 rings (SSSR count). The Labute approximate surface area is 104 Å². The quantitative estimate of drug-likeness (QED) is 0.777. The van der Waals surface area contributed by atoms with Crippen LogP contribution in [0.5, 0.6) is 5.75 Å². The van der Waals surface area contributed by atoms with Crippen LogP contribution in [0.2, 0.25) is 0 Å². The van der Waals surface area contributed by atoms with Crippen molar-refractivity contribution in [2.75, 3.05) is 7.11 Å². The molecule has 98 valence electrons. The molecule has 0 aromatic heterocycles. The molecular formula is C13H14F2O3. The van der Waals surface area contributed by atoms with E-state index >= 15 is 0 Å². The lowest BCUT2D eigenvalue weighted by atomic mass is 9.77. The topological polar surface area (TPSA) is 35.5 Å². The van der Waals surface area contributed by atoms with Crippen LogP contribution in [0.3, 0.4) is 0 Å². The number of methoxy groups -OCH3 is 1. The number of hydrogen-bond donors (Lipinski definition) is 0. The number of esters is 1. The number of carbonyl (C=O) groups is 1. The highest BCUT2D eigenvalue weighted by molar-refractivity contribution is 5.70. The van der Waals surface area contributed by atoms with Crippen LogP contribution in [-0.2, 0) is 9.53 Å². The van der Waals surface area contributed by atoms with Crippen molar-refractivity contribution in [1.82, 2.24) is 0 Å². The monoisotopic (exact) mass is 256 g/mol. The van der Waals surface area contributed by atoms with Crippen LogP contribution in [0.1, 0.15) is 25.7 Å². The summed E-state index contributed by atoms with van der Waals surface area (Å²) in [5, 5.41) is 0. The Morgan fingerprint density at radius 1 is 1.39 bits per heavy atom. The predicted octanol–water partition coefficient (Wildman–Crippen LogP) is 2.83. The van der Waals surface area contributed by atoms with Crippen LogP contribution < -0.4 is 4.74 Å². The van der Waals surface area contributed by atoms with E-state index in [9.17, 15) is 13.6 Å². The van der Waals surface area contributed by atoms with Crippen LogP contribution in [0.25, 0.3) is 0 Å². The van der Waals surface area contributed by atoms with E-state index in [4.69, 9.17) is 4.74 Å². The molecule has 3 nitrogen and oxygen atoms in total. The lowest BCUT2D eigenvalue weighted by molar-refractivity contribution is -0.148. The first-order chi connectivity index (χ1) is 8.54. The first-order valence-corrected chi connectivity index (χ1v) is 5.75. The van der Waals surface area contributed by atoms with Crippen molar-refractivity contribution in [3.05, 3.63) is 29.8 Å². The van der Waals surface area contributed by atoms with E-state index in [1.165, 1.54) is 7.11 Å². The van der Waals surface area contributed by atoms with Gasteiger partial charge in [0.05, 0.1) is 13.5 Å². The molecule has 0 atom stereocenters. The van der Waals surface area contributed by atoms with E-state index in [1.807, 2.05) is 0 Å². The predicted molar refractivity (Wildman–Crippen MR) is 60.2 cm³/mol. The maximum Gasteiger partial charge on any atom is 0.309 e. The summed E-state index contributed by atoms with van der Waals surface area (Å²) in [4.78, 5) is 11.3. The number of benzene rings is 1. The van der Waals surface area contributed by atoms with Gasteiger partial charge in [0, 0.05) is 6.07 Å². The second-order valence-electron chi connectivity index (χ2n) is 4.47. The molecule has 0 amide bonds. The molecule has 0 aliphatic heterocycles. The van der Waals surface area contributed by atoms with Gasteiger partial charge in [-0.25, -0.2) is 8.78 Å². The summed E-state index contributed by atoms with van der Waals surface area (Å²) >= 11 is 0. The van der Waals surface area contributed by atoms with Crippen molar-refractivity contribution in [1.29, 1.82) is 0 Å². The summed E-state index contributed by atoms with van der Waals surface area (Å²) in [6.45, 7) is 0. The summed E-state index contributed by atoms with van der Waals surface area (Å²) in [5.41, 5.74) is -0.748. The first kappa shape index (κ1) is 12.8. The van der Waals surface area contributed by atoms with Gasteiger partial charge in [-0.2, -0.15) is 0 Å². The van der Waals surface area contributed by atoms with Crippen molar-refractivity contribution in [2.24, 2.45) is 0 Å². The van der Waals surface area contributed by atoms with Crippen LogP contribution in [0, 0.1) is 11.6 Å². The normalized spacial score (nSPS) is 16.8. The number of halogens is 2. The van der Waals surface area contributed by atoms with Crippen molar-refractivity contribution >= 4 is 5.97 Å². The van der Waals surface area contributed by atoms with Crippen molar-refractivity contribution < 1.29 is 23.0 Å². The van der Waals surface area contributed by atoms with Gasteiger partial charge in [-0.3, -0.25) is 4.79 Å². The van der Waals surface area contributed by atoms with E-state index in [1.54, 1.807) is 0 Å². The highest BCUT2D eigenvalue weighted by atomic mass is 19.1. The number of ether oxygens (including phenoxy) is 2. The maximum atomic E-state index is 13.5. The molecule has 1 aromatic carbocycles. The third kappa shape index (κ3) is 2.60. The van der Waals surface area contributed by atoms with Crippen molar-refractivity contribution in [3.63, 3.8) is 0 Å². The minimum Gasteiger partial charge on any atom is -0.483 e. The number of rotatable bonds is 4. The second kappa shape index (κ2) is 4.92. The molecule has 1 aliphatic carbocycles. The smallest absolute Gasteiger partial charge is 0.309 e. The van der Waals surface area contributed by atoms with Gasteiger partial charge in [0.25, 0.3) is 0 Å². The van der Waals surface area contributed by atoms with Gasteiger partial charge in [-0.05, 0) is 31.4 Å². The summed E-state index contributed by atoms with van der Waals surface area (Å²) in [5.74, 6) is -1.77. The zero-order chi connectivity index (χ0) is 13.2. The molecule has 1 aliphatic rings. The fourth-order valence-corrected chi connectivity index (χ4v) is 2.01. The van der Waals surface area contributed by atoms with Crippen LogP contribution >= 0.6 is 0 Å². The minimum absolute atomic E-state index is 0.0550. The zero-order valence-electron chi connectivity index (χ0n) is 10.0. The van der Waals surface area contributed by atoms with Crippen LogP contribution in [0.4, 0.5) is 8.78 Å². The summed E-state index contributed by atoms with van der Waals surface area (Å²) in [7, 11) is 1.29. The van der Waals surface area contributed by atoms with Crippen LogP contribution in [0.15, 0.2) is 18.2 Å². The Morgan fingerprint density at radius 3 is 2.67 bits per heavy atom. The Morgan fingerprint density at radius 2 is 2.11 bits per heavy atom. The van der Waals surface area contributed by atoms with Crippen molar-refractivity contribution in [3.8, 4) is 5.75 Å². The number of carbonyl (C=O) groups excluding carboxylic acids is 1. The minimum atomic E-state index is -0.748. The van der Waals surface area contributed by atoms with Gasteiger partial charge >= 0.3 is 5.97 Å². The van der Waals surface area contributed by atoms with Gasteiger partial charge in [-0.1, -0.05) is 0 Å². The van der Waals surface area contributed by atoms with Gasteiger partial charge in [0.2, 0.25) is 0 Å². The highest BCUT2D eigenvalue weighted by Crippen LogP contribution is 2.40. The summed E-state index contributed by atoms with van der Waals surface area (Å²) in [6.07, 6.45) is 2.23. The molecule has 0 spiro atoms. The molecule has 5 heteroatoms. The molecule has 0 heterocycles. The molecule has 1 fully saturated rings. The lowest BCUT2D eigenvalue weighted by Crippen LogP contribution is -2.45. The second-order valence-corrected chi connectivity index (χ2v) is 4.47. The first-order valence-electron chi connectivity index (χ1n) is 5.75. The molecule has 0 bridgehead atoms. The molecule has 1 saturated carbocycles. The average Bonchev–Trinajstić information content (AvgIpc) is 2.30. The molecule has 18 heavy (non-hydrogen) atoms. The van der Waals surface area contributed by atoms with Gasteiger partial charge in [0.1, 0.15) is 11.4 Å². The molecule has 0 unspecified atom stereocenters. The molecule has 0 saturated heterocycles. The molecule has 0 radical (unpaired) electrons. The third-order valence-corrected chi connectivity index (χ3v) is 3.18.